The molecular weight excluding hydrogens is 618 g/mol. The van der Waals surface area contributed by atoms with E-state index < -0.39 is 28.5 Å². The van der Waals surface area contributed by atoms with Gasteiger partial charge >= 0.3 is 0 Å². The fourth-order valence-electron chi connectivity index (χ4n) is 4.02. The molecule has 0 aliphatic carbocycles. The molecule has 40 heavy (non-hydrogen) atoms. The summed E-state index contributed by atoms with van der Waals surface area (Å²) in [4.78, 5) is 28.4. The van der Waals surface area contributed by atoms with Gasteiger partial charge in [0.15, 0.2) is 0 Å². The molecule has 0 radical (unpaired) electrons. The van der Waals surface area contributed by atoms with Gasteiger partial charge in [0.25, 0.3) is 10.0 Å². The molecule has 0 heterocycles. The molecule has 11 heteroatoms. The second kappa shape index (κ2) is 14.0. The van der Waals surface area contributed by atoms with E-state index in [1.165, 1.54) is 30.2 Å². The van der Waals surface area contributed by atoms with Crippen molar-refractivity contribution in [1.82, 2.24) is 10.2 Å². The van der Waals surface area contributed by atoms with Crippen molar-refractivity contribution in [2.24, 2.45) is 0 Å². The molecule has 0 unspecified atom stereocenters. The van der Waals surface area contributed by atoms with Crippen LogP contribution in [0.1, 0.15) is 31.4 Å². The molecule has 0 saturated carbocycles. The van der Waals surface area contributed by atoms with Crippen LogP contribution >= 0.6 is 27.5 Å². The number of hydrogen-bond donors (Lipinski definition) is 1. The highest BCUT2D eigenvalue weighted by Crippen LogP contribution is 2.35. The second-order valence-electron chi connectivity index (χ2n) is 9.26. The van der Waals surface area contributed by atoms with Crippen LogP contribution in [0.2, 0.25) is 5.02 Å². The summed E-state index contributed by atoms with van der Waals surface area (Å²) in [6, 6.07) is 17.4. The topological polar surface area (TPSA) is 96.0 Å². The lowest BCUT2D eigenvalue weighted by atomic mass is 10.1. The van der Waals surface area contributed by atoms with E-state index in [0.29, 0.717) is 6.54 Å². The van der Waals surface area contributed by atoms with Crippen molar-refractivity contribution in [3.8, 4) is 5.75 Å². The van der Waals surface area contributed by atoms with Crippen molar-refractivity contribution in [3.63, 3.8) is 0 Å². The first kappa shape index (κ1) is 31.4. The second-order valence-corrected chi connectivity index (χ2v) is 12.5. The summed E-state index contributed by atoms with van der Waals surface area (Å²) in [6.45, 7) is 5.36. The van der Waals surface area contributed by atoms with E-state index in [1.807, 2.05) is 38.1 Å². The maximum atomic E-state index is 14.0. The van der Waals surface area contributed by atoms with Crippen molar-refractivity contribution >= 4 is 55.1 Å². The number of carbonyl (C=O) groups excluding carboxylic acids is 2. The van der Waals surface area contributed by atoms with Crippen LogP contribution in [0.25, 0.3) is 0 Å². The fraction of sp³-hybridized carbons (Fsp3) is 0.310. The molecule has 2 amide bonds. The standard InChI is InChI=1S/C29H33BrClN3O5S/c1-5-15-32-29(36)21(3)33(18-22-7-6-8-23(30)16-22)28(35)19-34(26-17-24(31)11-14-27(26)39-4)40(37,38)25-12-9-20(2)10-13-25/h6-14,16-17,21H,5,15,18-19H2,1-4H3,(H,32,36)/t21-/m0/s1. The number of benzene rings is 3. The average molecular weight is 651 g/mol. The number of halogens is 2. The molecule has 0 aliphatic heterocycles. The molecule has 0 bridgehead atoms. The monoisotopic (exact) mass is 649 g/mol. The van der Waals surface area contributed by atoms with Crippen molar-refractivity contribution in [2.45, 2.75) is 44.7 Å². The molecule has 0 fully saturated rings. The maximum absolute atomic E-state index is 14.0. The van der Waals surface area contributed by atoms with E-state index in [2.05, 4.69) is 21.2 Å². The lowest BCUT2D eigenvalue weighted by Crippen LogP contribution is -2.51. The minimum absolute atomic E-state index is 0.000191. The Morgan fingerprint density at radius 2 is 1.77 bits per heavy atom. The van der Waals surface area contributed by atoms with Gasteiger partial charge in [0.1, 0.15) is 18.3 Å². The Kier molecular flexibility index (Phi) is 11.0. The number of sulfonamides is 1. The van der Waals surface area contributed by atoms with Gasteiger partial charge in [-0.3, -0.25) is 13.9 Å². The van der Waals surface area contributed by atoms with E-state index in [9.17, 15) is 18.0 Å². The number of carbonyl (C=O) groups is 2. The van der Waals surface area contributed by atoms with E-state index in [1.54, 1.807) is 31.2 Å². The fourth-order valence-corrected chi connectivity index (χ4v) is 6.05. The Morgan fingerprint density at radius 3 is 2.40 bits per heavy atom. The first-order chi connectivity index (χ1) is 19.0. The Labute approximate surface area is 249 Å². The molecule has 8 nitrogen and oxygen atoms in total. The van der Waals surface area contributed by atoms with Gasteiger partial charge in [-0.2, -0.15) is 0 Å². The largest absolute Gasteiger partial charge is 0.495 e. The van der Waals surface area contributed by atoms with Crippen LogP contribution < -0.4 is 14.4 Å². The van der Waals surface area contributed by atoms with Gasteiger partial charge in [-0.1, -0.05) is 64.3 Å². The Bertz CT molecular complexity index is 1450. The zero-order valence-electron chi connectivity index (χ0n) is 22.9. The lowest BCUT2D eigenvalue weighted by Gasteiger charge is -2.32. The van der Waals surface area contributed by atoms with E-state index in [4.69, 9.17) is 16.3 Å². The minimum Gasteiger partial charge on any atom is -0.495 e. The Morgan fingerprint density at radius 1 is 1.07 bits per heavy atom. The third kappa shape index (κ3) is 7.77. The number of methoxy groups -OCH3 is 1. The van der Waals surface area contributed by atoms with Crippen LogP contribution in [0.5, 0.6) is 5.75 Å². The number of ether oxygens (including phenoxy) is 1. The van der Waals surface area contributed by atoms with Crippen molar-refractivity contribution < 1.29 is 22.7 Å². The van der Waals surface area contributed by atoms with E-state index >= 15 is 0 Å². The van der Waals surface area contributed by atoms with Crippen LogP contribution in [-0.2, 0) is 26.2 Å². The first-order valence-corrected chi connectivity index (χ1v) is 15.3. The van der Waals surface area contributed by atoms with E-state index in [0.717, 1.165) is 26.3 Å². The number of nitrogens with one attached hydrogen (secondary N) is 1. The molecule has 0 aliphatic rings. The molecule has 214 valence electrons. The predicted molar refractivity (Wildman–Crippen MR) is 161 cm³/mol. The highest BCUT2D eigenvalue weighted by Gasteiger charge is 2.34. The third-order valence-electron chi connectivity index (χ3n) is 6.26. The summed E-state index contributed by atoms with van der Waals surface area (Å²) in [6.07, 6.45) is 0.731. The third-order valence-corrected chi connectivity index (χ3v) is 8.76. The molecule has 3 aromatic carbocycles. The highest BCUT2D eigenvalue weighted by atomic mass is 79.9. The minimum atomic E-state index is -4.25. The number of rotatable bonds is 12. The molecule has 0 aromatic heterocycles. The summed E-state index contributed by atoms with van der Waals surface area (Å²) in [7, 11) is -2.84. The lowest BCUT2D eigenvalue weighted by molar-refractivity contribution is -0.139. The van der Waals surface area contributed by atoms with Crippen LogP contribution in [-0.4, -0.2) is 51.4 Å². The average Bonchev–Trinajstić information content (AvgIpc) is 2.93. The predicted octanol–water partition coefficient (Wildman–Crippen LogP) is 5.56. The van der Waals surface area contributed by atoms with Crippen LogP contribution in [0.4, 0.5) is 5.69 Å². The smallest absolute Gasteiger partial charge is 0.264 e. The van der Waals surface area contributed by atoms with Crippen molar-refractivity contribution in [1.29, 1.82) is 0 Å². The summed E-state index contributed by atoms with van der Waals surface area (Å²) in [5.74, 6) is -0.685. The maximum Gasteiger partial charge on any atom is 0.264 e. The number of hydrogen-bond acceptors (Lipinski definition) is 5. The quantitative estimate of drug-likeness (QED) is 0.277. The summed E-state index contributed by atoms with van der Waals surface area (Å²) in [5, 5.41) is 3.09. The van der Waals surface area contributed by atoms with Crippen LogP contribution in [0, 0.1) is 6.92 Å². The van der Waals surface area contributed by atoms with E-state index in [-0.39, 0.29) is 33.8 Å². The first-order valence-electron chi connectivity index (χ1n) is 12.7. The van der Waals surface area contributed by atoms with Crippen LogP contribution in [0.3, 0.4) is 0 Å². The van der Waals surface area contributed by atoms with Crippen molar-refractivity contribution in [3.05, 3.63) is 87.4 Å². The molecule has 1 atom stereocenters. The Hall–Kier alpha value is -3.08. The van der Waals surface area contributed by atoms with Gasteiger partial charge in [-0.05, 0) is 68.3 Å². The Balaban J connectivity index is 2.09. The van der Waals surface area contributed by atoms with Gasteiger partial charge in [0, 0.05) is 22.6 Å². The molecule has 3 aromatic rings. The molecular formula is C29H33BrClN3O5S. The number of nitrogens with zero attached hydrogens (tertiary/aromatic N) is 2. The zero-order chi connectivity index (χ0) is 29.4. The summed E-state index contributed by atoms with van der Waals surface area (Å²) < 4.78 is 35.2. The van der Waals surface area contributed by atoms with Gasteiger partial charge in [-0.15, -0.1) is 0 Å². The molecule has 1 N–H and O–H groups in total. The van der Waals surface area contributed by atoms with Gasteiger partial charge < -0.3 is 15.0 Å². The van der Waals surface area contributed by atoms with Gasteiger partial charge in [0.2, 0.25) is 11.8 Å². The number of amides is 2. The SMILES string of the molecule is CCCNC(=O)[C@H](C)N(Cc1cccc(Br)c1)C(=O)CN(c1cc(Cl)ccc1OC)S(=O)(=O)c1ccc(C)cc1. The molecule has 3 rings (SSSR count). The zero-order valence-corrected chi connectivity index (χ0v) is 26.0. The number of anilines is 1. The summed E-state index contributed by atoms with van der Waals surface area (Å²) >= 11 is 9.71. The highest BCUT2D eigenvalue weighted by molar-refractivity contribution is 9.10. The van der Waals surface area contributed by atoms with Gasteiger partial charge in [0.05, 0.1) is 17.7 Å². The normalized spacial score (nSPS) is 11.9. The summed E-state index contributed by atoms with van der Waals surface area (Å²) in [5.41, 5.74) is 1.76. The molecule has 0 spiro atoms. The number of aryl methyl sites for hydroxylation is 1. The van der Waals surface area contributed by atoms with Gasteiger partial charge in [-0.25, -0.2) is 8.42 Å². The van der Waals surface area contributed by atoms with Crippen LogP contribution in [0.15, 0.2) is 76.1 Å². The molecule has 0 saturated heterocycles. The van der Waals surface area contributed by atoms with Crippen molar-refractivity contribution in [2.75, 3.05) is 24.5 Å².